The summed E-state index contributed by atoms with van der Waals surface area (Å²) in [4.78, 5) is 17.9. The second-order valence-corrected chi connectivity index (χ2v) is 8.38. The quantitative estimate of drug-likeness (QED) is 0.826. The van der Waals surface area contributed by atoms with Gasteiger partial charge in [-0.25, -0.2) is 0 Å². The molecule has 1 aromatic carbocycles. The van der Waals surface area contributed by atoms with Gasteiger partial charge in [0.05, 0.1) is 6.04 Å². The topological polar surface area (TPSA) is 28.5 Å². The van der Waals surface area contributed by atoms with Crippen molar-refractivity contribution >= 4 is 17.7 Å². The summed E-state index contributed by atoms with van der Waals surface area (Å²) in [5.74, 6) is 2.41. The number of carbonyl (C=O) groups is 1. The van der Waals surface area contributed by atoms with E-state index < -0.39 is 0 Å². The third-order valence-electron chi connectivity index (χ3n) is 5.38. The molecule has 0 saturated carbocycles. The number of nitrogens with zero attached hydrogens (tertiary/aromatic N) is 3. The van der Waals surface area contributed by atoms with Gasteiger partial charge in [-0.1, -0.05) is 0 Å². The van der Waals surface area contributed by atoms with Crippen LogP contribution in [0.4, 0.5) is 0 Å². The molecule has 2 aromatic rings. The maximum Gasteiger partial charge on any atom is 0.254 e. The maximum atomic E-state index is 13.2. The smallest absolute Gasteiger partial charge is 0.254 e. The molecular formula is C21H27N3OS. The summed E-state index contributed by atoms with van der Waals surface area (Å²) in [6, 6.07) is 12.4. The van der Waals surface area contributed by atoms with Gasteiger partial charge in [0.25, 0.3) is 5.91 Å². The van der Waals surface area contributed by atoms with Gasteiger partial charge in [-0.15, -0.1) is 0 Å². The molecule has 1 amide bonds. The molecule has 1 atom stereocenters. The number of thioether (sulfide) groups is 1. The SMILES string of the molecule is O=C(c1ccc(-n2cccc2)cc1)N1CCCSCC1CN1CCCC1. The van der Waals surface area contributed by atoms with E-state index in [-0.39, 0.29) is 5.91 Å². The van der Waals surface area contributed by atoms with Crippen LogP contribution in [-0.4, -0.2) is 64.0 Å². The highest BCUT2D eigenvalue weighted by molar-refractivity contribution is 7.99. The molecule has 0 spiro atoms. The first kappa shape index (κ1) is 17.7. The van der Waals surface area contributed by atoms with Crippen LogP contribution in [0.25, 0.3) is 5.69 Å². The zero-order chi connectivity index (χ0) is 17.8. The molecule has 1 aromatic heterocycles. The largest absolute Gasteiger partial charge is 0.334 e. The fourth-order valence-corrected chi connectivity index (χ4v) is 5.02. The second kappa shape index (κ2) is 8.31. The highest BCUT2D eigenvalue weighted by Crippen LogP contribution is 2.22. The van der Waals surface area contributed by atoms with Gasteiger partial charge in [0.1, 0.15) is 0 Å². The third kappa shape index (κ3) is 3.99. The number of likely N-dealkylation sites (tertiary alicyclic amines) is 1. The van der Waals surface area contributed by atoms with E-state index in [4.69, 9.17) is 0 Å². The average Bonchev–Trinajstić information content (AvgIpc) is 3.33. The molecule has 26 heavy (non-hydrogen) atoms. The molecule has 5 heteroatoms. The first-order chi connectivity index (χ1) is 12.8. The molecule has 0 aliphatic carbocycles. The minimum atomic E-state index is 0.191. The van der Waals surface area contributed by atoms with Crippen LogP contribution in [0.2, 0.25) is 0 Å². The van der Waals surface area contributed by atoms with Crippen LogP contribution in [-0.2, 0) is 0 Å². The number of aromatic nitrogens is 1. The van der Waals surface area contributed by atoms with Crippen molar-refractivity contribution < 1.29 is 4.79 Å². The van der Waals surface area contributed by atoms with E-state index in [1.54, 1.807) is 0 Å². The summed E-state index contributed by atoms with van der Waals surface area (Å²) < 4.78 is 2.06. The van der Waals surface area contributed by atoms with E-state index in [1.165, 1.54) is 25.9 Å². The Balaban J connectivity index is 1.49. The molecule has 2 fully saturated rings. The summed E-state index contributed by atoms with van der Waals surface area (Å²) in [5, 5.41) is 0. The van der Waals surface area contributed by atoms with Crippen LogP contribution in [0, 0.1) is 0 Å². The average molecular weight is 370 g/mol. The number of benzene rings is 1. The van der Waals surface area contributed by atoms with Crippen molar-refractivity contribution in [1.82, 2.24) is 14.4 Å². The van der Waals surface area contributed by atoms with Crippen molar-refractivity contribution in [1.29, 1.82) is 0 Å². The van der Waals surface area contributed by atoms with Gasteiger partial charge >= 0.3 is 0 Å². The Labute approximate surface area is 160 Å². The summed E-state index contributed by atoms with van der Waals surface area (Å²) in [5.41, 5.74) is 1.89. The number of hydrogen-bond acceptors (Lipinski definition) is 3. The molecule has 0 bridgehead atoms. The van der Waals surface area contributed by atoms with Crippen molar-refractivity contribution in [2.75, 3.05) is 37.7 Å². The zero-order valence-electron chi connectivity index (χ0n) is 15.2. The number of rotatable bonds is 4. The lowest BCUT2D eigenvalue weighted by Crippen LogP contribution is -2.47. The standard InChI is InChI=1S/C21H27N3OS/c25-21(18-6-8-19(9-7-18)23-12-3-4-13-23)24-14-5-15-26-17-20(24)16-22-10-1-2-11-22/h3-4,6-9,12-13,20H,1-2,5,10-11,14-17H2. The van der Waals surface area contributed by atoms with Crippen LogP contribution in [0.1, 0.15) is 29.6 Å². The Morgan fingerprint density at radius 3 is 2.46 bits per heavy atom. The Morgan fingerprint density at radius 2 is 1.73 bits per heavy atom. The molecule has 2 saturated heterocycles. The minimum absolute atomic E-state index is 0.191. The Hall–Kier alpha value is -1.72. The first-order valence-electron chi connectivity index (χ1n) is 9.66. The van der Waals surface area contributed by atoms with Crippen molar-refractivity contribution in [3.8, 4) is 5.69 Å². The fourth-order valence-electron chi connectivity index (χ4n) is 3.96. The highest BCUT2D eigenvalue weighted by Gasteiger charge is 2.29. The predicted molar refractivity (Wildman–Crippen MR) is 108 cm³/mol. The monoisotopic (exact) mass is 369 g/mol. The lowest BCUT2D eigenvalue weighted by atomic mass is 10.1. The van der Waals surface area contributed by atoms with Gasteiger partial charge in [-0.05, 0) is 74.5 Å². The van der Waals surface area contributed by atoms with E-state index in [0.29, 0.717) is 6.04 Å². The lowest BCUT2D eigenvalue weighted by Gasteiger charge is -2.32. The van der Waals surface area contributed by atoms with E-state index >= 15 is 0 Å². The van der Waals surface area contributed by atoms with Crippen molar-refractivity contribution in [3.05, 3.63) is 54.4 Å². The number of carbonyl (C=O) groups excluding carboxylic acids is 1. The molecule has 2 aliphatic heterocycles. The summed E-state index contributed by atoms with van der Waals surface area (Å²) in [6.07, 6.45) is 7.74. The molecule has 0 N–H and O–H groups in total. The first-order valence-corrected chi connectivity index (χ1v) is 10.8. The molecule has 1 unspecified atom stereocenters. The van der Waals surface area contributed by atoms with E-state index in [1.807, 2.05) is 60.6 Å². The molecule has 138 valence electrons. The second-order valence-electron chi connectivity index (χ2n) is 7.23. The van der Waals surface area contributed by atoms with Crippen LogP contribution in [0.15, 0.2) is 48.8 Å². The van der Waals surface area contributed by atoms with Crippen LogP contribution in [0.3, 0.4) is 0 Å². The maximum absolute atomic E-state index is 13.2. The van der Waals surface area contributed by atoms with Gasteiger partial charge in [-0.2, -0.15) is 11.8 Å². The van der Waals surface area contributed by atoms with Gasteiger partial charge in [0.2, 0.25) is 0 Å². The van der Waals surface area contributed by atoms with E-state index in [0.717, 1.165) is 42.3 Å². The molecule has 4 rings (SSSR count). The molecule has 3 heterocycles. The van der Waals surface area contributed by atoms with Gasteiger partial charge in [0.15, 0.2) is 0 Å². The summed E-state index contributed by atoms with van der Waals surface area (Å²) in [7, 11) is 0. The Bertz CT molecular complexity index is 707. The number of amides is 1. The third-order valence-corrected chi connectivity index (χ3v) is 6.58. The summed E-state index contributed by atoms with van der Waals surface area (Å²) in [6.45, 7) is 4.29. The van der Waals surface area contributed by atoms with Gasteiger partial charge in [-0.3, -0.25) is 4.79 Å². The van der Waals surface area contributed by atoms with E-state index in [2.05, 4.69) is 14.4 Å². The number of hydrogen-bond donors (Lipinski definition) is 0. The van der Waals surface area contributed by atoms with Gasteiger partial charge < -0.3 is 14.4 Å². The van der Waals surface area contributed by atoms with Crippen molar-refractivity contribution in [2.45, 2.75) is 25.3 Å². The van der Waals surface area contributed by atoms with Crippen molar-refractivity contribution in [2.24, 2.45) is 0 Å². The highest BCUT2D eigenvalue weighted by atomic mass is 32.2. The molecular weight excluding hydrogens is 342 g/mol. The minimum Gasteiger partial charge on any atom is -0.334 e. The zero-order valence-corrected chi connectivity index (χ0v) is 16.0. The van der Waals surface area contributed by atoms with Crippen LogP contribution >= 0.6 is 11.8 Å². The van der Waals surface area contributed by atoms with Crippen molar-refractivity contribution in [3.63, 3.8) is 0 Å². The predicted octanol–water partition coefficient (Wildman–Crippen LogP) is 3.52. The fraction of sp³-hybridized carbons (Fsp3) is 0.476. The normalized spacial score (nSPS) is 21.7. The van der Waals surface area contributed by atoms with Crippen LogP contribution in [0.5, 0.6) is 0 Å². The Morgan fingerprint density at radius 1 is 1.00 bits per heavy atom. The summed E-state index contributed by atoms with van der Waals surface area (Å²) >= 11 is 2.00. The molecule has 4 nitrogen and oxygen atoms in total. The van der Waals surface area contributed by atoms with E-state index in [9.17, 15) is 4.79 Å². The molecule has 0 radical (unpaired) electrons. The van der Waals surface area contributed by atoms with Gasteiger partial charge in [0, 0.05) is 42.5 Å². The Kier molecular flexibility index (Phi) is 5.65. The molecule has 2 aliphatic rings. The van der Waals surface area contributed by atoms with Crippen LogP contribution < -0.4 is 0 Å². The lowest BCUT2D eigenvalue weighted by molar-refractivity contribution is 0.0666.